The SMILES string of the molecule is O=C(CSc1ccccc1Cl)NCC1(O)CCC1. The summed E-state index contributed by atoms with van der Waals surface area (Å²) in [5.41, 5.74) is -0.662. The number of benzene rings is 1. The highest BCUT2D eigenvalue weighted by Gasteiger charge is 2.34. The van der Waals surface area contributed by atoms with E-state index < -0.39 is 5.60 Å². The number of halogens is 1. The Morgan fingerprint density at radius 2 is 2.17 bits per heavy atom. The summed E-state index contributed by atoms with van der Waals surface area (Å²) < 4.78 is 0. The van der Waals surface area contributed by atoms with Crippen LogP contribution in [0.2, 0.25) is 5.02 Å². The first-order valence-corrected chi connectivity index (χ1v) is 7.32. The molecule has 0 spiro atoms. The molecule has 1 aromatic carbocycles. The van der Waals surface area contributed by atoms with Gasteiger partial charge in [0.1, 0.15) is 0 Å². The number of rotatable bonds is 5. The molecule has 0 unspecified atom stereocenters. The van der Waals surface area contributed by atoms with Gasteiger partial charge in [0.15, 0.2) is 0 Å². The van der Waals surface area contributed by atoms with Gasteiger partial charge in [-0.1, -0.05) is 23.7 Å². The van der Waals surface area contributed by atoms with Crippen LogP contribution >= 0.6 is 23.4 Å². The van der Waals surface area contributed by atoms with Crippen LogP contribution in [0.1, 0.15) is 19.3 Å². The van der Waals surface area contributed by atoms with Gasteiger partial charge in [0.2, 0.25) is 5.91 Å². The van der Waals surface area contributed by atoms with E-state index in [4.69, 9.17) is 11.6 Å². The Balaban J connectivity index is 1.73. The van der Waals surface area contributed by atoms with Crippen LogP contribution in [0.15, 0.2) is 29.2 Å². The summed E-state index contributed by atoms with van der Waals surface area (Å²) in [5, 5.41) is 13.3. The van der Waals surface area contributed by atoms with E-state index in [9.17, 15) is 9.90 Å². The Labute approximate surface area is 116 Å². The fraction of sp³-hybridized carbons (Fsp3) is 0.462. The molecule has 1 saturated carbocycles. The van der Waals surface area contributed by atoms with Crippen molar-refractivity contribution in [3.63, 3.8) is 0 Å². The number of hydrogen-bond donors (Lipinski definition) is 2. The summed E-state index contributed by atoms with van der Waals surface area (Å²) in [6.07, 6.45) is 2.61. The second-order valence-corrected chi connectivity index (χ2v) is 6.00. The van der Waals surface area contributed by atoms with E-state index in [1.165, 1.54) is 11.8 Å². The van der Waals surface area contributed by atoms with Gasteiger partial charge in [0.25, 0.3) is 0 Å². The highest BCUT2D eigenvalue weighted by Crippen LogP contribution is 2.30. The molecule has 98 valence electrons. The van der Waals surface area contributed by atoms with Crippen LogP contribution in [-0.4, -0.2) is 28.9 Å². The minimum atomic E-state index is -0.662. The Morgan fingerprint density at radius 1 is 1.44 bits per heavy atom. The molecule has 1 aromatic rings. The maximum absolute atomic E-state index is 11.6. The van der Waals surface area contributed by atoms with Crippen molar-refractivity contribution in [3.8, 4) is 0 Å². The summed E-state index contributed by atoms with van der Waals surface area (Å²) in [5.74, 6) is 0.250. The molecular weight excluding hydrogens is 270 g/mol. The van der Waals surface area contributed by atoms with E-state index in [0.717, 1.165) is 24.2 Å². The van der Waals surface area contributed by atoms with Crippen LogP contribution in [-0.2, 0) is 4.79 Å². The smallest absolute Gasteiger partial charge is 0.230 e. The summed E-state index contributed by atoms with van der Waals surface area (Å²) in [7, 11) is 0. The molecule has 1 fully saturated rings. The molecule has 2 N–H and O–H groups in total. The lowest BCUT2D eigenvalue weighted by Gasteiger charge is -2.36. The third-order valence-electron chi connectivity index (χ3n) is 3.09. The van der Waals surface area contributed by atoms with Gasteiger partial charge in [-0.2, -0.15) is 0 Å². The number of thioether (sulfide) groups is 1. The second kappa shape index (κ2) is 5.95. The third-order valence-corrected chi connectivity index (χ3v) is 4.61. The first-order valence-electron chi connectivity index (χ1n) is 5.95. The van der Waals surface area contributed by atoms with Crippen molar-refractivity contribution in [2.24, 2.45) is 0 Å². The molecule has 1 aliphatic rings. The molecule has 0 aliphatic heterocycles. The molecule has 1 amide bonds. The van der Waals surface area contributed by atoms with E-state index in [1.54, 1.807) is 6.07 Å². The minimum Gasteiger partial charge on any atom is -0.388 e. The highest BCUT2D eigenvalue weighted by atomic mass is 35.5. The van der Waals surface area contributed by atoms with Gasteiger partial charge in [-0.25, -0.2) is 0 Å². The molecule has 0 heterocycles. The monoisotopic (exact) mass is 285 g/mol. The summed E-state index contributed by atoms with van der Waals surface area (Å²) in [6, 6.07) is 7.44. The summed E-state index contributed by atoms with van der Waals surface area (Å²) in [4.78, 5) is 12.5. The zero-order chi connectivity index (χ0) is 13.0. The molecule has 5 heteroatoms. The van der Waals surface area contributed by atoms with Crippen LogP contribution in [0.3, 0.4) is 0 Å². The average Bonchev–Trinajstić information content (AvgIpc) is 2.33. The van der Waals surface area contributed by atoms with Gasteiger partial charge in [0.05, 0.1) is 16.4 Å². The van der Waals surface area contributed by atoms with Crippen LogP contribution in [0.25, 0.3) is 0 Å². The Kier molecular flexibility index (Phi) is 4.54. The minimum absolute atomic E-state index is 0.0692. The van der Waals surface area contributed by atoms with Crippen molar-refractivity contribution in [3.05, 3.63) is 29.3 Å². The Bertz CT molecular complexity index is 435. The number of nitrogens with one attached hydrogen (secondary N) is 1. The molecule has 1 aliphatic carbocycles. The van der Waals surface area contributed by atoms with Crippen molar-refractivity contribution in [2.45, 2.75) is 29.8 Å². The Morgan fingerprint density at radius 3 is 2.78 bits per heavy atom. The molecular formula is C13H16ClNO2S. The lowest BCUT2D eigenvalue weighted by atomic mass is 9.80. The fourth-order valence-corrected chi connectivity index (χ4v) is 2.85. The lowest BCUT2D eigenvalue weighted by Crippen LogP contribution is -2.48. The van der Waals surface area contributed by atoms with E-state index in [0.29, 0.717) is 17.3 Å². The predicted molar refractivity (Wildman–Crippen MR) is 74.0 cm³/mol. The predicted octanol–water partition coefficient (Wildman–Crippen LogP) is 2.46. The van der Waals surface area contributed by atoms with Crippen molar-refractivity contribution in [1.29, 1.82) is 0 Å². The number of carbonyl (C=O) groups is 1. The van der Waals surface area contributed by atoms with Gasteiger partial charge >= 0.3 is 0 Å². The van der Waals surface area contributed by atoms with Crippen molar-refractivity contribution in [1.82, 2.24) is 5.32 Å². The number of amides is 1. The van der Waals surface area contributed by atoms with E-state index in [2.05, 4.69) is 5.32 Å². The topological polar surface area (TPSA) is 49.3 Å². The second-order valence-electron chi connectivity index (χ2n) is 4.57. The molecule has 2 rings (SSSR count). The zero-order valence-corrected chi connectivity index (χ0v) is 11.6. The van der Waals surface area contributed by atoms with E-state index in [1.807, 2.05) is 18.2 Å². The fourth-order valence-electron chi connectivity index (χ4n) is 1.78. The van der Waals surface area contributed by atoms with Gasteiger partial charge < -0.3 is 10.4 Å². The van der Waals surface area contributed by atoms with Gasteiger partial charge in [-0.05, 0) is 31.4 Å². The van der Waals surface area contributed by atoms with E-state index in [-0.39, 0.29) is 5.91 Å². The standard InChI is InChI=1S/C13H16ClNO2S/c14-10-4-1-2-5-11(10)18-8-12(16)15-9-13(17)6-3-7-13/h1-2,4-5,17H,3,6-9H2,(H,15,16). The van der Waals surface area contributed by atoms with Crippen LogP contribution in [0, 0.1) is 0 Å². The largest absolute Gasteiger partial charge is 0.388 e. The number of carbonyl (C=O) groups excluding carboxylic acids is 1. The van der Waals surface area contributed by atoms with Gasteiger partial charge in [0, 0.05) is 11.4 Å². The maximum Gasteiger partial charge on any atom is 0.230 e. The molecule has 18 heavy (non-hydrogen) atoms. The average molecular weight is 286 g/mol. The molecule has 3 nitrogen and oxygen atoms in total. The van der Waals surface area contributed by atoms with Crippen LogP contribution < -0.4 is 5.32 Å². The third kappa shape index (κ3) is 3.64. The Hall–Kier alpha value is -0.710. The lowest BCUT2D eigenvalue weighted by molar-refractivity contribution is -0.121. The van der Waals surface area contributed by atoms with E-state index >= 15 is 0 Å². The molecule has 0 atom stereocenters. The first-order chi connectivity index (χ1) is 8.59. The van der Waals surface area contributed by atoms with Gasteiger partial charge in [-0.3, -0.25) is 4.79 Å². The quantitative estimate of drug-likeness (QED) is 0.817. The number of hydrogen-bond acceptors (Lipinski definition) is 3. The van der Waals surface area contributed by atoms with Gasteiger partial charge in [-0.15, -0.1) is 11.8 Å². The molecule has 0 saturated heterocycles. The zero-order valence-electron chi connectivity index (χ0n) is 9.99. The highest BCUT2D eigenvalue weighted by molar-refractivity contribution is 8.00. The first kappa shape index (κ1) is 13.7. The summed E-state index contributed by atoms with van der Waals surface area (Å²) in [6.45, 7) is 0.356. The molecule has 0 aromatic heterocycles. The normalized spacial score (nSPS) is 17.0. The maximum atomic E-state index is 11.6. The van der Waals surface area contributed by atoms with Crippen molar-refractivity contribution in [2.75, 3.05) is 12.3 Å². The van der Waals surface area contributed by atoms with Crippen LogP contribution in [0.4, 0.5) is 0 Å². The number of aliphatic hydroxyl groups is 1. The van der Waals surface area contributed by atoms with Crippen LogP contribution in [0.5, 0.6) is 0 Å². The molecule has 0 radical (unpaired) electrons. The molecule has 0 bridgehead atoms. The summed E-state index contributed by atoms with van der Waals surface area (Å²) >= 11 is 7.40. The van der Waals surface area contributed by atoms with Crippen molar-refractivity contribution >= 4 is 29.3 Å². The van der Waals surface area contributed by atoms with Crippen molar-refractivity contribution < 1.29 is 9.90 Å².